The van der Waals surface area contributed by atoms with E-state index < -0.39 is 5.97 Å². The number of para-hydroxylation sites is 1. The maximum atomic E-state index is 12.8. The molecule has 6 nitrogen and oxygen atoms in total. The average molecular weight is 317 g/mol. The smallest absolute Gasteiger partial charge is 0.309 e. The average Bonchev–Trinajstić information content (AvgIpc) is 2.96. The van der Waals surface area contributed by atoms with Crippen LogP contribution in [0.5, 0.6) is 5.88 Å². The van der Waals surface area contributed by atoms with E-state index in [9.17, 15) is 9.59 Å². The van der Waals surface area contributed by atoms with Crippen molar-refractivity contribution in [2.45, 2.75) is 18.6 Å². The number of esters is 1. The number of aromatic nitrogens is 2. The van der Waals surface area contributed by atoms with Crippen molar-refractivity contribution in [3.8, 4) is 5.88 Å². The van der Waals surface area contributed by atoms with E-state index in [2.05, 4.69) is 4.98 Å². The van der Waals surface area contributed by atoms with Gasteiger partial charge >= 0.3 is 5.97 Å². The van der Waals surface area contributed by atoms with Crippen LogP contribution in [0.3, 0.4) is 0 Å². The van der Waals surface area contributed by atoms with E-state index in [1.54, 1.807) is 16.5 Å². The highest BCUT2D eigenvalue weighted by Crippen LogP contribution is 2.32. The van der Waals surface area contributed by atoms with Crippen LogP contribution in [0.4, 0.5) is 11.4 Å². The Morgan fingerprint density at radius 1 is 1.36 bits per heavy atom. The molecule has 1 aliphatic rings. The van der Waals surface area contributed by atoms with Gasteiger partial charge in [0.05, 0.1) is 0 Å². The molecule has 0 bridgehead atoms. The molecule has 1 aromatic heterocycles. The predicted octanol–water partition coefficient (Wildman–Crippen LogP) is 2.04. The standard InChI is InChI=1S/C15H15N3O3S/c1-10(19)21-13-12(17(2)11-6-4-3-5-7-11)14(20)18-8-9-22-15(18)16-13/h3-7H,8-9H2,1-2H3. The Morgan fingerprint density at radius 3 is 2.77 bits per heavy atom. The predicted molar refractivity (Wildman–Crippen MR) is 85.0 cm³/mol. The van der Waals surface area contributed by atoms with E-state index in [0.29, 0.717) is 11.7 Å². The van der Waals surface area contributed by atoms with Gasteiger partial charge in [-0.25, -0.2) is 0 Å². The van der Waals surface area contributed by atoms with E-state index in [4.69, 9.17) is 4.74 Å². The maximum absolute atomic E-state index is 12.8. The van der Waals surface area contributed by atoms with Crippen LogP contribution in [-0.4, -0.2) is 28.3 Å². The third-order valence-electron chi connectivity index (χ3n) is 3.34. The number of benzene rings is 1. The fourth-order valence-electron chi connectivity index (χ4n) is 2.32. The van der Waals surface area contributed by atoms with Gasteiger partial charge in [0.15, 0.2) is 10.8 Å². The summed E-state index contributed by atoms with van der Waals surface area (Å²) in [6.07, 6.45) is 0. The third-order valence-corrected chi connectivity index (χ3v) is 4.30. The molecule has 0 unspecified atom stereocenters. The Kier molecular flexibility index (Phi) is 3.89. The molecule has 114 valence electrons. The number of fused-ring (bicyclic) bond motifs is 1. The highest BCUT2D eigenvalue weighted by molar-refractivity contribution is 7.99. The van der Waals surface area contributed by atoms with Crippen molar-refractivity contribution < 1.29 is 9.53 Å². The van der Waals surface area contributed by atoms with E-state index in [0.717, 1.165) is 11.4 Å². The van der Waals surface area contributed by atoms with Crippen LogP contribution in [0.25, 0.3) is 0 Å². The lowest BCUT2D eigenvalue weighted by atomic mass is 10.3. The molecule has 1 aliphatic heterocycles. The largest absolute Gasteiger partial charge is 0.405 e. The fraction of sp³-hybridized carbons (Fsp3) is 0.267. The van der Waals surface area contributed by atoms with Crippen molar-refractivity contribution in [3.63, 3.8) is 0 Å². The lowest BCUT2D eigenvalue weighted by Gasteiger charge is -2.21. The minimum atomic E-state index is -0.498. The molecule has 0 N–H and O–H groups in total. The van der Waals surface area contributed by atoms with Crippen molar-refractivity contribution in [1.82, 2.24) is 9.55 Å². The zero-order valence-corrected chi connectivity index (χ0v) is 13.1. The van der Waals surface area contributed by atoms with Gasteiger partial charge in [0, 0.05) is 32.0 Å². The fourth-order valence-corrected chi connectivity index (χ4v) is 3.25. The van der Waals surface area contributed by atoms with Crippen LogP contribution < -0.4 is 15.2 Å². The Labute approximate surface area is 131 Å². The molecule has 0 radical (unpaired) electrons. The first-order chi connectivity index (χ1) is 10.6. The number of ether oxygens (including phenoxy) is 1. The van der Waals surface area contributed by atoms with E-state index in [-0.39, 0.29) is 17.1 Å². The van der Waals surface area contributed by atoms with Crippen molar-refractivity contribution in [3.05, 3.63) is 40.7 Å². The molecule has 0 spiro atoms. The lowest BCUT2D eigenvalue weighted by molar-refractivity contribution is -0.132. The van der Waals surface area contributed by atoms with Gasteiger partial charge in [0.2, 0.25) is 0 Å². The second kappa shape index (κ2) is 5.84. The van der Waals surface area contributed by atoms with Crippen molar-refractivity contribution in [2.24, 2.45) is 0 Å². The summed E-state index contributed by atoms with van der Waals surface area (Å²) in [6, 6.07) is 9.42. The van der Waals surface area contributed by atoms with Crippen LogP contribution in [0.1, 0.15) is 6.92 Å². The summed E-state index contributed by atoms with van der Waals surface area (Å²) in [5.41, 5.74) is 0.895. The molecule has 0 amide bonds. The molecule has 2 aromatic rings. The SMILES string of the molecule is CC(=O)Oc1nc2n(c(=O)c1N(C)c1ccccc1)CCS2. The zero-order chi connectivity index (χ0) is 15.7. The first-order valence-corrected chi connectivity index (χ1v) is 7.81. The topological polar surface area (TPSA) is 64.4 Å². The number of thioether (sulfide) groups is 1. The number of anilines is 2. The van der Waals surface area contributed by atoms with Crippen LogP contribution >= 0.6 is 11.8 Å². The van der Waals surface area contributed by atoms with E-state index >= 15 is 0 Å². The van der Waals surface area contributed by atoms with Gasteiger partial charge in [-0.05, 0) is 12.1 Å². The second-order valence-corrected chi connectivity index (χ2v) is 5.90. The Hall–Kier alpha value is -2.28. The number of nitrogens with zero attached hydrogens (tertiary/aromatic N) is 3. The monoisotopic (exact) mass is 317 g/mol. The molecule has 1 aromatic carbocycles. The van der Waals surface area contributed by atoms with Gasteiger partial charge in [-0.3, -0.25) is 14.2 Å². The van der Waals surface area contributed by atoms with Crippen LogP contribution in [0.2, 0.25) is 0 Å². The molecule has 7 heteroatoms. The highest BCUT2D eigenvalue weighted by Gasteiger charge is 2.25. The first-order valence-electron chi connectivity index (χ1n) is 6.83. The van der Waals surface area contributed by atoms with Gasteiger partial charge in [0.1, 0.15) is 0 Å². The van der Waals surface area contributed by atoms with Crippen LogP contribution in [0, 0.1) is 0 Å². The van der Waals surface area contributed by atoms with Crippen molar-refractivity contribution in [2.75, 3.05) is 17.7 Å². The number of hydrogen-bond acceptors (Lipinski definition) is 6. The summed E-state index contributed by atoms with van der Waals surface area (Å²) >= 11 is 1.48. The van der Waals surface area contributed by atoms with Gasteiger partial charge < -0.3 is 9.64 Å². The Balaban J connectivity index is 2.16. The first kappa shape index (κ1) is 14.6. The van der Waals surface area contributed by atoms with Crippen LogP contribution in [-0.2, 0) is 11.3 Å². The third kappa shape index (κ3) is 2.59. The Morgan fingerprint density at radius 2 is 2.09 bits per heavy atom. The van der Waals surface area contributed by atoms with Crippen LogP contribution in [0.15, 0.2) is 40.3 Å². The van der Waals surface area contributed by atoms with Gasteiger partial charge in [-0.2, -0.15) is 4.98 Å². The summed E-state index contributed by atoms with van der Waals surface area (Å²) in [7, 11) is 1.76. The quantitative estimate of drug-likeness (QED) is 0.637. The van der Waals surface area contributed by atoms with Gasteiger partial charge in [-0.15, -0.1) is 0 Å². The second-order valence-electron chi connectivity index (χ2n) is 4.84. The Bertz CT molecular complexity index is 774. The lowest BCUT2D eigenvalue weighted by Crippen LogP contribution is -2.29. The van der Waals surface area contributed by atoms with E-state index in [1.807, 2.05) is 30.3 Å². The number of carbonyl (C=O) groups is 1. The molecular weight excluding hydrogens is 302 g/mol. The molecular formula is C15H15N3O3S. The molecule has 0 fully saturated rings. The minimum absolute atomic E-state index is 0.0597. The summed E-state index contributed by atoms with van der Waals surface area (Å²) < 4.78 is 6.79. The summed E-state index contributed by atoms with van der Waals surface area (Å²) in [5, 5.41) is 0.589. The summed E-state index contributed by atoms with van der Waals surface area (Å²) in [6.45, 7) is 1.91. The summed E-state index contributed by atoms with van der Waals surface area (Å²) in [4.78, 5) is 30.1. The number of carbonyl (C=O) groups excluding carboxylic acids is 1. The molecule has 3 rings (SSSR count). The van der Waals surface area contributed by atoms with E-state index in [1.165, 1.54) is 18.7 Å². The number of rotatable bonds is 3. The molecule has 0 saturated heterocycles. The van der Waals surface area contributed by atoms with Crippen molar-refractivity contribution in [1.29, 1.82) is 0 Å². The molecule has 2 heterocycles. The summed E-state index contributed by atoms with van der Waals surface area (Å²) in [5.74, 6) is 0.354. The van der Waals surface area contributed by atoms with Gasteiger partial charge in [0.25, 0.3) is 11.4 Å². The molecule has 22 heavy (non-hydrogen) atoms. The maximum Gasteiger partial charge on any atom is 0.309 e. The molecule has 0 atom stereocenters. The molecule has 0 saturated carbocycles. The van der Waals surface area contributed by atoms with Crippen molar-refractivity contribution >= 4 is 29.1 Å². The molecule has 0 aliphatic carbocycles. The minimum Gasteiger partial charge on any atom is -0.405 e. The normalized spacial score (nSPS) is 12.8. The zero-order valence-electron chi connectivity index (χ0n) is 12.3. The highest BCUT2D eigenvalue weighted by atomic mass is 32.2. The number of hydrogen-bond donors (Lipinski definition) is 0. The van der Waals surface area contributed by atoms with Gasteiger partial charge in [-0.1, -0.05) is 30.0 Å².